The van der Waals surface area contributed by atoms with Crippen molar-refractivity contribution in [3.63, 3.8) is 0 Å². The molecule has 1 fully saturated rings. The third-order valence-corrected chi connectivity index (χ3v) is 5.63. The third-order valence-electron chi connectivity index (χ3n) is 5.63. The van der Waals surface area contributed by atoms with Crippen LogP contribution < -0.4 is 0 Å². The van der Waals surface area contributed by atoms with Crippen molar-refractivity contribution in [1.82, 2.24) is 0 Å². The summed E-state index contributed by atoms with van der Waals surface area (Å²) in [7, 11) is 0. The van der Waals surface area contributed by atoms with E-state index in [1.165, 1.54) is 51.4 Å². The molecular formula is C19H28. The summed E-state index contributed by atoms with van der Waals surface area (Å²) < 4.78 is 0. The first-order valence-electron chi connectivity index (χ1n) is 8.38. The lowest BCUT2D eigenvalue weighted by molar-refractivity contribution is 0.347. The van der Waals surface area contributed by atoms with Gasteiger partial charge in [-0.05, 0) is 66.5 Å². The highest BCUT2D eigenvalue weighted by Crippen LogP contribution is 2.37. The quantitative estimate of drug-likeness (QED) is 0.656. The summed E-state index contributed by atoms with van der Waals surface area (Å²) in [4.78, 5) is 0. The normalized spacial score (nSPS) is 30.9. The molecule has 1 atom stereocenters. The van der Waals surface area contributed by atoms with Crippen molar-refractivity contribution < 1.29 is 0 Å². The van der Waals surface area contributed by atoms with Gasteiger partial charge in [0.1, 0.15) is 0 Å². The fourth-order valence-corrected chi connectivity index (χ4v) is 4.05. The molecule has 1 unspecified atom stereocenters. The largest absolute Gasteiger partial charge is 0.0651 e. The minimum atomic E-state index is 0.852. The van der Waals surface area contributed by atoms with Crippen LogP contribution in [0.2, 0.25) is 0 Å². The molecule has 0 aliphatic heterocycles. The highest BCUT2D eigenvalue weighted by atomic mass is 14.3. The van der Waals surface area contributed by atoms with Crippen molar-refractivity contribution in [3.8, 4) is 0 Å². The summed E-state index contributed by atoms with van der Waals surface area (Å²) in [5.74, 6) is 2.75. The Bertz CT molecular complexity index is 424. The van der Waals surface area contributed by atoms with Crippen molar-refractivity contribution in [2.75, 3.05) is 0 Å². The van der Waals surface area contributed by atoms with E-state index in [0.717, 1.165) is 17.8 Å². The van der Waals surface area contributed by atoms with Crippen LogP contribution in [0.3, 0.4) is 0 Å². The molecule has 1 aromatic rings. The van der Waals surface area contributed by atoms with Crippen molar-refractivity contribution in [1.29, 1.82) is 0 Å². The van der Waals surface area contributed by atoms with Gasteiger partial charge < -0.3 is 0 Å². The van der Waals surface area contributed by atoms with Crippen molar-refractivity contribution in [2.45, 2.75) is 71.1 Å². The van der Waals surface area contributed by atoms with Gasteiger partial charge in [-0.15, -0.1) is 0 Å². The fourth-order valence-electron chi connectivity index (χ4n) is 4.05. The second-order valence-electron chi connectivity index (χ2n) is 7.00. The molecule has 1 saturated carbocycles. The second kappa shape index (κ2) is 5.69. The van der Waals surface area contributed by atoms with Gasteiger partial charge >= 0.3 is 0 Å². The Morgan fingerprint density at radius 1 is 1.00 bits per heavy atom. The maximum absolute atomic E-state index is 2.56. The molecule has 0 heterocycles. The molecule has 3 rings (SSSR count). The molecule has 104 valence electrons. The van der Waals surface area contributed by atoms with E-state index >= 15 is 0 Å². The van der Waals surface area contributed by atoms with E-state index in [1.807, 2.05) is 0 Å². The zero-order chi connectivity index (χ0) is 13.2. The number of benzene rings is 1. The smallest absolute Gasteiger partial charge is 0.0162 e. The van der Waals surface area contributed by atoms with Crippen molar-refractivity contribution >= 4 is 0 Å². The summed E-state index contributed by atoms with van der Waals surface area (Å²) in [5.41, 5.74) is 4.95. The molecule has 0 N–H and O–H groups in total. The molecule has 0 radical (unpaired) electrons. The predicted molar refractivity (Wildman–Crippen MR) is 82.6 cm³/mol. The molecule has 0 saturated heterocycles. The molecule has 0 nitrogen and oxygen atoms in total. The van der Waals surface area contributed by atoms with Crippen molar-refractivity contribution in [3.05, 3.63) is 34.9 Å². The Labute approximate surface area is 118 Å². The Balaban J connectivity index is 1.75. The first-order valence-corrected chi connectivity index (χ1v) is 8.38. The highest BCUT2D eigenvalue weighted by Gasteiger charge is 2.22. The van der Waals surface area contributed by atoms with E-state index in [9.17, 15) is 0 Å². The lowest BCUT2D eigenvalue weighted by Gasteiger charge is -2.29. The van der Waals surface area contributed by atoms with E-state index in [-0.39, 0.29) is 0 Å². The van der Waals surface area contributed by atoms with E-state index < -0.39 is 0 Å². The summed E-state index contributed by atoms with van der Waals surface area (Å²) >= 11 is 0. The van der Waals surface area contributed by atoms with Gasteiger partial charge in [-0.3, -0.25) is 0 Å². The number of fused-ring (bicyclic) bond motifs is 1. The molecular weight excluding hydrogens is 228 g/mol. The van der Waals surface area contributed by atoms with Crippen LogP contribution in [-0.2, 0) is 12.8 Å². The lowest BCUT2D eigenvalue weighted by Crippen LogP contribution is -2.15. The maximum Gasteiger partial charge on any atom is -0.0162 e. The Hall–Kier alpha value is -0.780. The number of hydrogen-bond donors (Lipinski definition) is 0. The van der Waals surface area contributed by atoms with Gasteiger partial charge in [0.05, 0.1) is 0 Å². The number of hydrogen-bond acceptors (Lipinski definition) is 0. The number of rotatable bonds is 2. The Morgan fingerprint density at radius 3 is 2.53 bits per heavy atom. The van der Waals surface area contributed by atoms with Crippen LogP contribution in [0.15, 0.2) is 18.2 Å². The molecule has 2 aliphatic carbocycles. The molecule has 0 heteroatoms. The molecule has 0 bridgehead atoms. The molecule has 1 aromatic carbocycles. The molecule has 0 aromatic heterocycles. The van der Waals surface area contributed by atoms with E-state index in [1.54, 1.807) is 16.7 Å². The maximum atomic E-state index is 2.56. The van der Waals surface area contributed by atoms with Gasteiger partial charge in [0, 0.05) is 0 Å². The van der Waals surface area contributed by atoms with Crippen LogP contribution in [0.4, 0.5) is 0 Å². The van der Waals surface area contributed by atoms with E-state index in [4.69, 9.17) is 0 Å². The van der Waals surface area contributed by atoms with Crippen molar-refractivity contribution in [2.24, 2.45) is 11.8 Å². The summed E-state index contributed by atoms with van der Waals surface area (Å²) in [6.07, 6.45) is 11.1. The third kappa shape index (κ3) is 2.88. The zero-order valence-corrected chi connectivity index (χ0v) is 12.6. The van der Waals surface area contributed by atoms with Gasteiger partial charge in [0.15, 0.2) is 0 Å². The highest BCUT2D eigenvalue weighted by molar-refractivity contribution is 5.36. The molecule has 0 amide bonds. The number of aryl methyl sites for hydroxylation is 1. The minimum Gasteiger partial charge on any atom is -0.0651 e. The Morgan fingerprint density at radius 2 is 1.79 bits per heavy atom. The zero-order valence-electron chi connectivity index (χ0n) is 12.6. The Kier molecular flexibility index (Phi) is 3.96. The van der Waals surface area contributed by atoms with Gasteiger partial charge in [0.25, 0.3) is 0 Å². The van der Waals surface area contributed by atoms with Crippen LogP contribution in [0, 0.1) is 11.8 Å². The first-order chi connectivity index (χ1) is 9.26. The monoisotopic (exact) mass is 256 g/mol. The predicted octanol–water partition coefficient (Wildman–Crippen LogP) is 5.50. The van der Waals surface area contributed by atoms with Gasteiger partial charge in [0.2, 0.25) is 0 Å². The van der Waals surface area contributed by atoms with Crippen LogP contribution in [0.1, 0.15) is 75.0 Å². The van der Waals surface area contributed by atoms with Crippen LogP contribution in [0.5, 0.6) is 0 Å². The SMILES string of the molecule is CCC1CCc2cc([C@H]3CC[C@H](C)CC3)ccc2C1. The summed E-state index contributed by atoms with van der Waals surface area (Å²) in [6, 6.07) is 7.45. The molecule has 19 heavy (non-hydrogen) atoms. The fraction of sp³-hybridized carbons (Fsp3) is 0.684. The van der Waals surface area contributed by atoms with Gasteiger partial charge in [-0.2, -0.15) is 0 Å². The molecule has 0 spiro atoms. The average molecular weight is 256 g/mol. The topological polar surface area (TPSA) is 0 Å². The van der Waals surface area contributed by atoms with Gasteiger partial charge in [-0.1, -0.05) is 51.3 Å². The van der Waals surface area contributed by atoms with E-state index in [0.29, 0.717) is 0 Å². The second-order valence-corrected chi connectivity index (χ2v) is 7.00. The van der Waals surface area contributed by atoms with Crippen LogP contribution in [-0.4, -0.2) is 0 Å². The van der Waals surface area contributed by atoms with Crippen LogP contribution >= 0.6 is 0 Å². The standard InChI is InChI=1S/C19H28/c1-3-15-6-9-19-13-18(11-10-17(19)12-15)16-7-4-14(2)5-8-16/h10-11,13-16H,3-9,12H2,1-2H3/t14-,15?,16-. The summed E-state index contributed by atoms with van der Waals surface area (Å²) in [5, 5.41) is 0. The summed E-state index contributed by atoms with van der Waals surface area (Å²) in [6.45, 7) is 4.75. The molecule has 2 aliphatic rings. The minimum absolute atomic E-state index is 0.852. The first kappa shape index (κ1) is 13.2. The van der Waals surface area contributed by atoms with Crippen LogP contribution in [0.25, 0.3) is 0 Å². The van der Waals surface area contributed by atoms with E-state index in [2.05, 4.69) is 32.0 Å². The lowest BCUT2D eigenvalue weighted by atomic mass is 9.77. The average Bonchev–Trinajstić information content (AvgIpc) is 2.47. The van der Waals surface area contributed by atoms with Gasteiger partial charge in [-0.25, -0.2) is 0 Å².